The lowest BCUT2D eigenvalue weighted by molar-refractivity contribution is -0.120. The Morgan fingerprint density at radius 3 is 2.50 bits per heavy atom. The Morgan fingerprint density at radius 1 is 1.16 bits per heavy atom. The van der Waals surface area contributed by atoms with Crippen molar-refractivity contribution < 1.29 is 22.7 Å². The number of aromatic nitrogens is 1. The molecule has 0 spiro atoms. The second-order valence-electron chi connectivity index (χ2n) is 8.16. The van der Waals surface area contributed by atoms with Gasteiger partial charge in [0.1, 0.15) is 10.5 Å². The third-order valence-corrected chi connectivity index (χ3v) is 8.19. The number of nitrogens with one attached hydrogen (secondary N) is 1. The van der Waals surface area contributed by atoms with E-state index in [0.29, 0.717) is 30.8 Å². The normalized spacial score (nSPS) is 17.2. The van der Waals surface area contributed by atoms with Crippen molar-refractivity contribution in [3.8, 4) is 0 Å². The van der Waals surface area contributed by atoms with Crippen LogP contribution in [-0.2, 0) is 26.6 Å². The van der Waals surface area contributed by atoms with Crippen LogP contribution in [0.5, 0.6) is 0 Å². The minimum atomic E-state index is -4.00. The lowest BCUT2D eigenvalue weighted by atomic mass is 9.98. The van der Waals surface area contributed by atoms with Crippen molar-refractivity contribution in [3.05, 3.63) is 46.8 Å². The van der Waals surface area contributed by atoms with E-state index in [0.717, 1.165) is 11.3 Å². The maximum Gasteiger partial charge on any atom is 0.341 e. The van der Waals surface area contributed by atoms with Gasteiger partial charge in [-0.15, -0.1) is 0 Å². The first-order valence-electron chi connectivity index (χ1n) is 10.8. The summed E-state index contributed by atoms with van der Waals surface area (Å²) in [7, 11) is -2.28. The first-order valence-corrected chi connectivity index (χ1v) is 12.2. The number of nitrogens with zero attached hydrogens (tertiary/aromatic N) is 2. The number of esters is 1. The molecule has 1 aliphatic heterocycles. The molecule has 1 aliphatic rings. The van der Waals surface area contributed by atoms with E-state index >= 15 is 0 Å². The van der Waals surface area contributed by atoms with Crippen molar-refractivity contribution in [2.24, 2.45) is 13.0 Å². The van der Waals surface area contributed by atoms with Crippen molar-refractivity contribution in [1.82, 2.24) is 8.87 Å². The minimum absolute atomic E-state index is 0.0316. The van der Waals surface area contributed by atoms with Gasteiger partial charge >= 0.3 is 5.97 Å². The first-order chi connectivity index (χ1) is 15.1. The van der Waals surface area contributed by atoms with Crippen molar-refractivity contribution in [1.29, 1.82) is 0 Å². The molecule has 1 fully saturated rings. The summed E-state index contributed by atoms with van der Waals surface area (Å²) < 4.78 is 35.5. The highest BCUT2D eigenvalue weighted by Gasteiger charge is 2.39. The molecule has 1 N–H and O–H groups in total. The van der Waals surface area contributed by atoms with E-state index in [1.54, 1.807) is 32.4 Å². The Bertz CT molecular complexity index is 1140. The molecule has 3 rings (SSSR count). The van der Waals surface area contributed by atoms with Crippen LogP contribution in [0.15, 0.2) is 29.2 Å². The Hall–Kier alpha value is -2.65. The lowest BCUT2D eigenvalue weighted by Gasteiger charge is -2.31. The van der Waals surface area contributed by atoms with Gasteiger partial charge in [0.15, 0.2) is 0 Å². The van der Waals surface area contributed by atoms with E-state index in [2.05, 4.69) is 5.32 Å². The summed E-state index contributed by atoms with van der Waals surface area (Å²) in [6.45, 7) is 7.48. The number of amides is 1. The van der Waals surface area contributed by atoms with Crippen molar-refractivity contribution in [2.45, 2.75) is 45.4 Å². The maximum atomic E-state index is 13.7. The molecule has 1 saturated heterocycles. The van der Waals surface area contributed by atoms with Gasteiger partial charge in [-0.2, -0.15) is 4.31 Å². The van der Waals surface area contributed by atoms with Crippen LogP contribution in [-0.4, -0.2) is 48.9 Å². The molecule has 0 aliphatic carbocycles. The number of anilines is 1. The van der Waals surface area contributed by atoms with Crippen LogP contribution >= 0.6 is 0 Å². The second-order valence-corrected chi connectivity index (χ2v) is 10.0. The molecule has 0 bridgehead atoms. The number of ether oxygens (including phenoxy) is 1. The van der Waals surface area contributed by atoms with E-state index < -0.39 is 21.9 Å². The highest BCUT2D eigenvalue weighted by molar-refractivity contribution is 7.89. The van der Waals surface area contributed by atoms with Crippen LogP contribution < -0.4 is 5.32 Å². The van der Waals surface area contributed by atoms with Crippen LogP contribution in [0.4, 0.5) is 5.69 Å². The average molecular weight is 462 g/mol. The number of hydrogen-bond acceptors (Lipinski definition) is 5. The SMILES string of the molecule is CCOC(=O)c1c(S(=O)(=O)N2CCC[C@H](C(=O)Nc3ccccc3C)C2)c(C)n(C)c1C. The number of aryl methyl sites for hydroxylation is 1. The average Bonchev–Trinajstić information content (AvgIpc) is 3.00. The number of para-hydroxylation sites is 1. The van der Waals surface area contributed by atoms with Crippen LogP contribution in [0, 0.1) is 26.7 Å². The molecule has 0 radical (unpaired) electrons. The minimum Gasteiger partial charge on any atom is -0.462 e. The Balaban J connectivity index is 1.90. The third kappa shape index (κ3) is 4.45. The van der Waals surface area contributed by atoms with Crippen molar-refractivity contribution >= 4 is 27.6 Å². The van der Waals surface area contributed by atoms with Gasteiger partial charge in [-0.25, -0.2) is 13.2 Å². The van der Waals surface area contributed by atoms with Gasteiger partial charge in [-0.05, 0) is 52.2 Å². The van der Waals surface area contributed by atoms with Gasteiger partial charge < -0.3 is 14.6 Å². The fourth-order valence-electron chi connectivity index (χ4n) is 4.13. The van der Waals surface area contributed by atoms with Gasteiger partial charge in [-0.1, -0.05) is 18.2 Å². The third-order valence-electron chi connectivity index (χ3n) is 6.16. The quantitative estimate of drug-likeness (QED) is 0.667. The highest BCUT2D eigenvalue weighted by atomic mass is 32.2. The molecule has 8 nitrogen and oxygen atoms in total. The zero-order chi connectivity index (χ0) is 23.6. The Morgan fingerprint density at radius 2 is 1.84 bits per heavy atom. The fourth-order valence-corrected chi connectivity index (χ4v) is 6.13. The summed E-state index contributed by atoms with van der Waals surface area (Å²) in [5.41, 5.74) is 2.73. The molecule has 1 atom stereocenters. The largest absolute Gasteiger partial charge is 0.462 e. The summed E-state index contributed by atoms with van der Waals surface area (Å²) in [5.74, 6) is -1.33. The molecule has 9 heteroatoms. The van der Waals surface area contributed by atoms with Crippen LogP contribution in [0.3, 0.4) is 0 Å². The van der Waals surface area contributed by atoms with Crippen LogP contribution in [0.2, 0.25) is 0 Å². The van der Waals surface area contributed by atoms with Gasteiger partial charge in [0, 0.05) is 37.2 Å². The van der Waals surface area contributed by atoms with E-state index in [1.165, 1.54) is 4.31 Å². The van der Waals surface area contributed by atoms with E-state index in [1.807, 2.05) is 31.2 Å². The second kappa shape index (κ2) is 9.46. The molecular weight excluding hydrogens is 430 g/mol. The molecule has 1 amide bonds. The Kier molecular flexibility index (Phi) is 7.09. The molecular formula is C23H31N3O5S. The van der Waals surface area contributed by atoms with Crippen molar-refractivity contribution in [2.75, 3.05) is 25.0 Å². The number of benzene rings is 1. The summed E-state index contributed by atoms with van der Waals surface area (Å²) >= 11 is 0. The smallest absolute Gasteiger partial charge is 0.341 e. The molecule has 2 aromatic rings. The van der Waals surface area contributed by atoms with E-state index in [4.69, 9.17) is 4.74 Å². The standard InChI is InChI=1S/C23H31N3O5S/c1-6-31-23(28)20-16(3)25(5)17(4)21(20)32(29,30)26-13-9-11-18(14-26)22(27)24-19-12-8-7-10-15(19)2/h7-8,10,12,18H,6,9,11,13-14H2,1-5H3,(H,24,27)/t18-/m0/s1. The number of piperidine rings is 1. The number of sulfonamides is 1. The summed E-state index contributed by atoms with van der Waals surface area (Å²) in [6.07, 6.45) is 1.16. The van der Waals surface area contributed by atoms with Crippen molar-refractivity contribution in [3.63, 3.8) is 0 Å². The monoisotopic (exact) mass is 461 g/mol. The van der Waals surface area contributed by atoms with Crippen LogP contribution in [0.1, 0.15) is 47.1 Å². The molecule has 1 aromatic heterocycles. The Labute approximate surface area is 189 Å². The van der Waals surface area contributed by atoms with E-state index in [-0.39, 0.29) is 29.5 Å². The molecule has 32 heavy (non-hydrogen) atoms. The van der Waals surface area contributed by atoms with Gasteiger partial charge in [0.2, 0.25) is 15.9 Å². The summed E-state index contributed by atoms with van der Waals surface area (Å²) in [6, 6.07) is 7.47. The van der Waals surface area contributed by atoms with Crippen LogP contribution in [0.25, 0.3) is 0 Å². The molecule has 174 valence electrons. The number of hydrogen-bond donors (Lipinski definition) is 1. The van der Waals surface area contributed by atoms with Gasteiger partial charge in [-0.3, -0.25) is 4.79 Å². The number of carbonyl (C=O) groups is 2. The fraction of sp³-hybridized carbons (Fsp3) is 0.478. The molecule has 2 heterocycles. The summed E-state index contributed by atoms with van der Waals surface area (Å²) in [4.78, 5) is 25.5. The highest BCUT2D eigenvalue weighted by Crippen LogP contribution is 2.32. The zero-order valence-electron chi connectivity index (χ0n) is 19.3. The maximum absolute atomic E-state index is 13.7. The topological polar surface area (TPSA) is 97.7 Å². The summed E-state index contributed by atoms with van der Waals surface area (Å²) in [5, 5.41) is 2.92. The predicted octanol–water partition coefficient (Wildman–Crippen LogP) is 3.17. The number of rotatable bonds is 6. The molecule has 0 saturated carbocycles. The molecule has 1 aromatic carbocycles. The van der Waals surface area contributed by atoms with Gasteiger partial charge in [0.25, 0.3) is 0 Å². The first kappa shape index (κ1) is 24.0. The van der Waals surface area contributed by atoms with E-state index in [9.17, 15) is 18.0 Å². The van der Waals surface area contributed by atoms with Gasteiger partial charge in [0.05, 0.1) is 12.5 Å². The predicted molar refractivity (Wildman–Crippen MR) is 122 cm³/mol. The molecule has 0 unspecified atom stereocenters. The lowest BCUT2D eigenvalue weighted by Crippen LogP contribution is -2.44. The zero-order valence-corrected chi connectivity index (χ0v) is 20.1. The number of carbonyl (C=O) groups excluding carboxylic acids is 2.